The predicted octanol–water partition coefficient (Wildman–Crippen LogP) is 3.47. The number of anilines is 1. The van der Waals surface area contributed by atoms with Crippen LogP contribution in [0.2, 0.25) is 0 Å². The third-order valence-electron chi connectivity index (χ3n) is 4.18. The van der Waals surface area contributed by atoms with Crippen LogP contribution < -0.4 is 20.1 Å². The maximum Gasteiger partial charge on any atom is 0.195 e. The minimum Gasteiger partial charge on any atom is -0.490 e. The summed E-state index contributed by atoms with van der Waals surface area (Å²) >= 11 is 0. The zero-order valence-electron chi connectivity index (χ0n) is 16.4. The fourth-order valence-corrected chi connectivity index (χ4v) is 2.78. The highest BCUT2D eigenvalue weighted by Gasteiger charge is 2.11. The third kappa shape index (κ3) is 6.49. The van der Waals surface area contributed by atoms with Gasteiger partial charge in [-0.05, 0) is 37.6 Å². The number of fused-ring (bicyclic) bond motifs is 1. The van der Waals surface area contributed by atoms with Crippen molar-refractivity contribution in [3.63, 3.8) is 0 Å². The lowest BCUT2D eigenvalue weighted by atomic mass is 10.2. The molecule has 0 spiro atoms. The largest absolute Gasteiger partial charge is 0.490 e. The van der Waals surface area contributed by atoms with Crippen LogP contribution in [0.1, 0.15) is 25.5 Å². The Kier molecular flexibility index (Phi) is 8.06. The highest BCUT2D eigenvalue weighted by Crippen LogP contribution is 2.32. The van der Waals surface area contributed by atoms with E-state index in [4.69, 9.17) is 18.6 Å². The summed E-state index contributed by atoms with van der Waals surface area (Å²) in [5.74, 6) is 3.20. The molecule has 152 valence electrons. The molecule has 0 saturated carbocycles. The number of furan rings is 1. The summed E-state index contributed by atoms with van der Waals surface area (Å²) < 4.78 is 22.2. The molecule has 7 heteroatoms. The number of ether oxygens (including phenoxy) is 3. The molecule has 0 fully saturated rings. The molecule has 0 bridgehead atoms. The van der Waals surface area contributed by atoms with Gasteiger partial charge in [0.25, 0.3) is 0 Å². The highest BCUT2D eigenvalue weighted by molar-refractivity contribution is 5.94. The van der Waals surface area contributed by atoms with Gasteiger partial charge in [0.2, 0.25) is 0 Å². The van der Waals surface area contributed by atoms with Gasteiger partial charge in [-0.3, -0.25) is 4.99 Å². The molecule has 0 unspecified atom stereocenters. The van der Waals surface area contributed by atoms with Gasteiger partial charge in [-0.25, -0.2) is 0 Å². The van der Waals surface area contributed by atoms with Crippen molar-refractivity contribution in [2.45, 2.75) is 26.2 Å². The van der Waals surface area contributed by atoms with Gasteiger partial charge in [-0.15, -0.1) is 0 Å². The van der Waals surface area contributed by atoms with Crippen LogP contribution in [-0.2, 0) is 11.2 Å². The Bertz CT molecular complexity index is 731. The van der Waals surface area contributed by atoms with E-state index in [1.165, 1.54) is 0 Å². The van der Waals surface area contributed by atoms with Crippen molar-refractivity contribution in [3.8, 4) is 11.5 Å². The molecule has 3 rings (SSSR count). The van der Waals surface area contributed by atoms with Gasteiger partial charge in [0.15, 0.2) is 17.5 Å². The Morgan fingerprint density at radius 2 is 2.07 bits per heavy atom. The van der Waals surface area contributed by atoms with E-state index in [9.17, 15) is 0 Å². The third-order valence-corrected chi connectivity index (χ3v) is 4.18. The van der Waals surface area contributed by atoms with Crippen molar-refractivity contribution >= 4 is 11.6 Å². The molecule has 0 aliphatic carbocycles. The Balaban J connectivity index is 1.60. The van der Waals surface area contributed by atoms with Crippen molar-refractivity contribution < 1.29 is 18.6 Å². The van der Waals surface area contributed by atoms with E-state index >= 15 is 0 Å². The normalized spacial score (nSPS) is 13.8. The van der Waals surface area contributed by atoms with E-state index in [2.05, 4.69) is 15.6 Å². The van der Waals surface area contributed by atoms with Gasteiger partial charge >= 0.3 is 0 Å². The smallest absolute Gasteiger partial charge is 0.195 e. The molecule has 1 aliphatic heterocycles. The first kappa shape index (κ1) is 20.1. The summed E-state index contributed by atoms with van der Waals surface area (Å²) in [6.07, 6.45) is 4.24. The molecule has 2 heterocycles. The van der Waals surface area contributed by atoms with Gasteiger partial charge < -0.3 is 29.3 Å². The maximum atomic E-state index is 5.77. The van der Waals surface area contributed by atoms with Gasteiger partial charge in [-0.2, -0.15) is 0 Å². The Morgan fingerprint density at radius 3 is 2.89 bits per heavy atom. The standard InChI is InChI=1S/C21H29N3O4/c1-2-25-12-4-10-22-21(23-11-9-18-6-3-13-26-18)24-17-7-8-19-20(16-17)28-15-5-14-27-19/h3,6-8,13,16H,2,4-5,9-12,14-15H2,1H3,(H2,22,23,24). The van der Waals surface area contributed by atoms with Crippen molar-refractivity contribution in [2.24, 2.45) is 4.99 Å². The van der Waals surface area contributed by atoms with Crippen LogP contribution in [0.25, 0.3) is 0 Å². The number of hydrogen-bond donors (Lipinski definition) is 2. The van der Waals surface area contributed by atoms with Crippen molar-refractivity contribution in [1.29, 1.82) is 0 Å². The van der Waals surface area contributed by atoms with Crippen LogP contribution in [0.4, 0.5) is 5.69 Å². The fraction of sp³-hybridized carbons (Fsp3) is 0.476. The van der Waals surface area contributed by atoms with Gasteiger partial charge in [0, 0.05) is 50.9 Å². The molecule has 1 aromatic heterocycles. The Labute approximate surface area is 166 Å². The summed E-state index contributed by atoms with van der Waals surface area (Å²) in [7, 11) is 0. The SMILES string of the molecule is CCOCCCN=C(NCCc1ccco1)Nc1ccc2c(c1)OCCCO2. The van der Waals surface area contributed by atoms with Gasteiger partial charge in [0.05, 0.1) is 19.5 Å². The number of aliphatic imine (C=N–C) groups is 1. The molecular formula is C21H29N3O4. The topological polar surface area (TPSA) is 77.2 Å². The summed E-state index contributed by atoms with van der Waals surface area (Å²) in [6.45, 7) is 6.18. The van der Waals surface area contributed by atoms with E-state index in [1.54, 1.807) is 6.26 Å². The molecule has 0 amide bonds. The summed E-state index contributed by atoms with van der Waals surface area (Å²) in [6, 6.07) is 9.71. The fourth-order valence-electron chi connectivity index (χ4n) is 2.78. The van der Waals surface area contributed by atoms with Gasteiger partial charge in [-0.1, -0.05) is 0 Å². The Morgan fingerprint density at radius 1 is 1.18 bits per heavy atom. The lowest BCUT2D eigenvalue weighted by molar-refractivity contribution is 0.146. The maximum absolute atomic E-state index is 5.77. The number of nitrogens with one attached hydrogen (secondary N) is 2. The van der Waals surface area contributed by atoms with E-state index in [-0.39, 0.29) is 0 Å². The van der Waals surface area contributed by atoms with Crippen molar-refractivity contribution in [3.05, 3.63) is 42.4 Å². The van der Waals surface area contributed by atoms with Crippen LogP contribution in [-0.4, -0.2) is 45.5 Å². The molecule has 28 heavy (non-hydrogen) atoms. The average molecular weight is 387 g/mol. The average Bonchev–Trinajstić information content (AvgIpc) is 3.11. The zero-order chi connectivity index (χ0) is 19.4. The summed E-state index contributed by atoms with van der Waals surface area (Å²) in [4.78, 5) is 4.65. The van der Waals surface area contributed by atoms with E-state index in [0.29, 0.717) is 26.4 Å². The van der Waals surface area contributed by atoms with E-state index < -0.39 is 0 Å². The molecule has 0 saturated heterocycles. The molecule has 1 aromatic carbocycles. The minimum atomic E-state index is 0.663. The molecular weight excluding hydrogens is 358 g/mol. The predicted molar refractivity (Wildman–Crippen MR) is 109 cm³/mol. The first-order valence-electron chi connectivity index (χ1n) is 9.90. The number of benzene rings is 1. The second-order valence-electron chi connectivity index (χ2n) is 6.37. The van der Waals surface area contributed by atoms with E-state index in [0.717, 1.165) is 61.3 Å². The monoisotopic (exact) mass is 387 g/mol. The van der Waals surface area contributed by atoms with Crippen LogP contribution in [0.15, 0.2) is 46.0 Å². The summed E-state index contributed by atoms with van der Waals surface area (Å²) in [5.41, 5.74) is 0.901. The number of rotatable bonds is 9. The molecule has 2 aromatic rings. The van der Waals surface area contributed by atoms with Gasteiger partial charge in [0.1, 0.15) is 5.76 Å². The Hall–Kier alpha value is -2.67. The first-order chi connectivity index (χ1) is 13.8. The summed E-state index contributed by atoms with van der Waals surface area (Å²) in [5, 5.41) is 6.71. The molecule has 1 aliphatic rings. The van der Waals surface area contributed by atoms with Crippen LogP contribution in [0.3, 0.4) is 0 Å². The quantitative estimate of drug-likeness (QED) is 0.390. The lowest BCUT2D eigenvalue weighted by Gasteiger charge is -2.14. The minimum absolute atomic E-state index is 0.663. The molecule has 0 radical (unpaired) electrons. The lowest BCUT2D eigenvalue weighted by Crippen LogP contribution is -2.32. The first-order valence-corrected chi connectivity index (χ1v) is 9.90. The second kappa shape index (κ2) is 11.2. The zero-order valence-corrected chi connectivity index (χ0v) is 16.4. The van der Waals surface area contributed by atoms with Crippen molar-refractivity contribution in [2.75, 3.05) is 44.8 Å². The van der Waals surface area contributed by atoms with Crippen molar-refractivity contribution in [1.82, 2.24) is 5.32 Å². The molecule has 0 atom stereocenters. The molecule has 7 nitrogen and oxygen atoms in total. The number of hydrogen-bond acceptors (Lipinski definition) is 5. The highest BCUT2D eigenvalue weighted by atomic mass is 16.5. The van der Waals surface area contributed by atoms with E-state index in [1.807, 2.05) is 37.3 Å². The van der Waals surface area contributed by atoms with Crippen LogP contribution in [0.5, 0.6) is 11.5 Å². The number of guanidine groups is 1. The van der Waals surface area contributed by atoms with Crippen LogP contribution in [0, 0.1) is 0 Å². The second-order valence-corrected chi connectivity index (χ2v) is 6.37. The number of nitrogens with zero attached hydrogens (tertiary/aromatic N) is 1. The van der Waals surface area contributed by atoms with Crippen LogP contribution >= 0.6 is 0 Å². The molecule has 2 N–H and O–H groups in total.